The lowest BCUT2D eigenvalue weighted by Crippen LogP contribution is -2.57. The lowest BCUT2D eigenvalue weighted by atomic mass is 10.1. The predicted molar refractivity (Wildman–Crippen MR) is 144 cm³/mol. The van der Waals surface area contributed by atoms with Crippen LogP contribution in [0.15, 0.2) is 83.9 Å². The van der Waals surface area contributed by atoms with Crippen LogP contribution in [-0.4, -0.2) is 65.5 Å². The number of carbonyl (C=O) groups excluding carboxylic acids is 1. The zero-order valence-electron chi connectivity index (χ0n) is 19.5. The molecule has 10 heteroatoms. The molecule has 36 heavy (non-hydrogen) atoms. The summed E-state index contributed by atoms with van der Waals surface area (Å²) in [5.74, 6) is -0.272. The number of rotatable bonds is 7. The molecule has 1 aliphatic rings. The fraction of sp³-hybridized carbons (Fsp3) is 0.231. The molecule has 1 N–H and O–H groups in total. The Hall–Kier alpha value is -2.59. The zero-order valence-corrected chi connectivity index (χ0v) is 21.9. The molecule has 3 aromatic rings. The molecule has 0 atom stereocenters. The first-order valence-electron chi connectivity index (χ1n) is 11.3. The molecule has 2 aromatic carbocycles. The van der Waals surface area contributed by atoms with Gasteiger partial charge in [-0.2, -0.15) is 8.31 Å². The number of quaternary nitrogens is 1. The molecule has 0 aliphatic carbocycles. The summed E-state index contributed by atoms with van der Waals surface area (Å²) < 4.78 is 27.6. The SMILES string of the molecule is Cl.O=C(c1ccc(-c2ccccn2)cc1)[N+]1(Cl)CCN(S(=O)(=O)/C(=C\c2ccccc2)CCO)CC1. The normalized spacial score (nSPS) is 16.2. The first kappa shape index (κ1) is 28.0. The highest BCUT2D eigenvalue weighted by Crippen LogP contribution is 2.28. The van der Waals surface area contributed by atoms with Crippen LogP contribution in [0.25, 0.3) is 17.3 Å². The monoisotopic (exact) mass is 548 g/mol. The second-order valence-electron chi connectivity index (χ2n) is 8.31. The van der Waals surface area contributed by atoms with E-state index in [9.17, 15) is 18.3 Å². The summed E-state index contributed by atoms with van der Waals surface area (Å²) in [5.41, 5.74) is 2.90. The van der Waals surface area contributed by atoms with E-state index in [-0.39, 0.29) is 62.4 Å². The molecule has 4 rings (SSSR count). The maximum atomic E-state index is 13.3. The van der Waals surface area contributed by atoms with E-state index in [0.29, 0.717) is 5.56 Å². The number of aliphatic hydroxyl groups excluding tert-OH is 1. The van der Waals surface area contributed by atoms with Gasteiger partial charge < -0.3 is 5.11 Å². The topological polar surface area (TPSA) is 87.6 Å². The molecule has 190 valence electrons. The van der Waals surface area contributed by atoms with Crippen molar-refractivity contribution in [1.29, 1.82) is 0 Å². The van der Waals surface area contributed by atoms with Crippen molar-refractivity contribution >= 4 is 46.2 Å². The van der Waals surface area contributed by atoms with Crippen molar-refractivity contribution in [3.05, 3.63) is 95.0 Å². The number of sulfonamides is 1. The van der Waals surface area contributed by atoms with E-state index >= 15 is 0 Å². The van der Waals surface area contributed by atoms with Crippen molar-refractivity contribution in [2.75, 3.05) is 32.8 Å². The largest absolute Gasteiger partial charge is 0.396 e. The molecular weight excluding hydrogens is 521 g/mol. The number of carbonyl (C=O) groups is 1. The van der Waals surface area contributed by atoms with Crippen LogP contribution in [0, 0.1) is 0 Å². The Kier molecular flexibility index (Phi) is 9.41. The van der Waals surface area contributed by atoms with Crippen LogP contribution in [0.4, 0.5) is 0 Å². The molecule has 0 saturated carbocycles. The number of hydrogen-bond donors (Lipinski definition) is 1. The Balaban J connectivity index is 0.00000361. The van der Waals surface area contributed by atoms with Crippen LogP contribution in [0.1, 0.15) is 22.3 Å². The van der Waals surface area contributed by atoms with E-state index in [1.54, 1.807) is 24.4 Å². The van der Waals surface area contributed by atoms with Gasteiger partial charge in [-0.25, -0.2) is 13.2 Å². The van der Waals surface area contributed by atoms with Gasteiger partial charge in [-0.15, -0.1) is 12.4 Å². The Morgan fingerprint density at radius 3 is 2.22 bits per heavy atom. The first-order chi connectivity index (χ1) is 16.8. The molecule has 1 aliphatic heterocycles. The van der Waals surface area contributed by atoms with Crippen LogP contribution in [0.3, 0.4) is 0 Å². The van der Waals surface area contributed by atoms with Crippen LogP contribution in [-0.2, 0) is 10.0 Å². The van der Waals surface area contributed by atoms with Crippen molar-refractivity contribution in [3.8, 4) is 11.3 Å². The summed E-state index contributed by atoms with van der Waals surface area (Å²) in [5, 5.41) is 9.45. The number of nitrogens with zero attached hydrogens (tertiary/aromatic N) is 3. The summed E-state index contributed by atoms with van der Waals surface area (Å²) in [7, 11) is -3.81. The lowest BCUT2D eigenvalue weighted by Gasteiger charge is -2.36. The molecule has 1 fully saturated rings. The average molecular weight is 550 g/mol. The summed E-state index contributed by atoms with van der Waals surface area (Å²) in [6.45, 7) is 0.190. The van der Waals surface area contributed by atoms with Gasteiger partial charge in [-0.3, -0.25) is 4.98 Å². The van der Waals surface area contributed by atoms with Gasteiger partial charge in [0.15, 0.2) is 11.8 Å². The summed E-state index contributed by atoms with van der Waals surface area (Å²) in [4.78, 5) is 17.7. The fourth-order valence-electron chi connectivity index (χ4n) is 4.04. The van der Waals surface area contributed by atoms with Crippen molar-refractivity contribution < 1.29 is 22.3 Å². The molecular formula is C26H28Cl2N3O4S+. The molecule has 0 bridgehead atoms. The number of aromatic nitrogens is 1. The summed E-state index contributed by atoms with van der Waals surface area (Å²) in [6, 6.07) is 21.8. The van der Waals surface area contributed by atoms with E-state index in [2.05, 4.69) is 4.98 Å². The quantitative estimate of drug-likeness (QED) is 0.443. The van der Waals surface area contributed by atoms with Crippen molar-refractivity contribution in [2.45, 2.75) is 6.42 Å². The van der Waals surface area contributed by atoms with E-state index in [1.807, 2.05) is 60.7 Å². The number of pyridine rings is 1. The van der Waals surface area contributed by atoms with Gasteiger partial charge in [0.2, 0.25) is 10.0 Å². The molecule has 1 saturated heterocycles. The molecule has 1 aromatic heterocycles. The van der Waals surface area contributed by atoms with Gasteiger partial charge in [0, 0.05) is 24.8 Å². The van der Waals surface area contributed by atoms with E-state index in [4.69, 9.17) is 11.8 Å². The summed E-state index contributed by atoms with van der Waals surface area (Å²) >= 11 is 6.70. The Morgan fingerprint density at radius 2 is 1.64 bits per heavy atom. The Morgan fingerprint density at radius 1 is 1.00 bits per heavy atom. The third-order valence-corrected chi connectivity index (χ3v) is 8.54. The highest BCUT2D eigenvalue weighted by Gasteiger charge is 2.43. The second kappa shape index (κ2) is 12.1. The minimum atomic E-state index is -3.81. The first-order valence-corrected chi connectivity index (χ1v) is 13.1. The number of amides is 1. The van der Waals surface area contributed by atoms with E-state index in [0.717, 1.165) is 16.8 Å². The minimum absolute atomic E-state index is 0. The standard InChI is InChI=1S/C26H27ClN3O4S.ClH/c27-30(26(32)23-11-9-22(10-12-23)25-8-4-5-14-28-25)17-15-29(16-18-30)35(33,34)24(13-19-31)20-21-6-2-1-3-7-21;/h1-12,14,20,31H,13,15-19H2;1H/q+1;/b24-20-;. The number of hydrogen-bond acceptors (Lipinski definition) is 5. The number of benzene rings is 2. The number of piperazine rings is 1. The summed E-state index contributed by atoms with van der Waals surface area (Å²) in [6.07, 6.45) is 3.30. The Labute approximate surface area is 222 Å². The molecule has 7 nitrogen and oxygen atoms in total. The van der Waals surface area contributed by atoms with Gasteiger partial charge in [0.25, 0.3) is 0 Å². The second-order valence-corrected chi connectivity index (χ2v) is 10.9. The molecule has 1 amide bonds. The molecule has 0 unspecified atom stereocenters. The maximum absolute atomic E-state index is 13.3. The fourth-order valence-corrected chi connectivity index (χ4v) is 5.90. The third-order valence-electron chi connectivity index (χ3n) is 6.02. The van der Waals surface area contributed by atoms with Gasteiger partial charge in [-0.1, -0.05) is 48.5 Å². The number of aliphatic hydroxyl groups is 1. The predicted octanol–water partition coefficient (Wildman–Crippen LogP) is 4.35. The zero-order chi connectivity index (χ0) is 24.9. The van der Waals surface area contributed by atoms with E-state index < -0.39 is 14.0 Å². The van der Waals surface area contributed by atoms with Crippen molar-refractivity contribution in [2.24, 2.45) is 0 Å². The smallest absolute Gasteiger partial charge is 0.363 e. The van der Waals surface area contributed by atoms with Crippen molar-refractivity contribution in [1.82, 2.24) is 9.29 Å². The molecule has 0 radical (unpaired) electrons. The lowest BCUT2D eigenvalue weighted by molar-refractivity contribution is -0.734. The highest BCUT2D eigenvalue weighted by molar-refractivity contribution is 7.93. The van der Waals surface area contributed by atoms with Crippen LogP contribution >= 0.6 is 24.2 Å². The maximum Gasteiger partial charge on any atom is 0.363 e. The van der Waals surface area contributed by atoms with Crippen LogP contribution < -0.4 is 0 Å². The number of halogens is 2. The van der Waals surface area contributed by atoms with Gasteiger partial charge >= 0.3 is 5.91 Å². The average Bonchev–Trinajstić information content (AvgIpc) is 2.89. The van der Waals surface area contributed by atoms with E-state index in [1.165, 1.54) is 4.31 Å². The van der Waals surface area contributed by atoms with Gasteiger partial charge in [0.05, 0.1) is 29.3 Å². The Bertz CT molecular complexity index is 1290. The van der Waals surface area contributed by atoms with Crippen molar-refractivity contribution in [3.63, 3.8) is 0 Å². The molecule has 0 spiro atoms. The van der Waals surface area contributed by atoms with Crippen LogP contribution in [0.2, 0.25) is 0 Å². The molecule has 2 heterocycles. The minimum Gasteiger partial charge on any atom is -0.396 e. The highest BCUT2D eigenvalue weighted by atomic mass is 35.5. The van der Waals surface area contributed by atoms with Crippen LogP contribution in [0.5, 0.6) is 0 Å². The third kappa shape index (κ3) is 6.21. The van der Waals surface area contributed by atoms with Gasteiger partial charge in [0.1, 0.15) is 13.1 Å². The van der Waals surface area contributed by atoms with Gasteiger partial charge in [-0.05, 0) is 35.9 Å².